The van der Waals surface area contributed by atoms with E-state index >= 15 is 0 Å². The van der Waals surface area contributed by atoms with Crippen LogP contribution < -0.4 is 5.32 Å². The molecule has 1 aliphatic carbocycles. The van der Waals surface area contributed by atoms with Crippen molar-refractivity contribution >= 4 is 7.60 Å². The monoisotopic (exact) mass is 320 g/mol. The molecule has 0 radical (unpaired) electrons. The Kier molecular flexibility index (Phi) is 5.72. The van der Waals surface area contributed by atoms with Crippen LogP contribution in [0, 0.1) is 0 Å². The van der Waals surface area contributed by atoms with Gasteiger partial charge in [0.2, 0.25) is 0 Å². The van der Waals surface area contributed by atoms with E-state index in [-0.39, 0.29) is 6.10 Å². The number of aromatic nitrogens is 1. The largest absolute Gasteiger partial charge is 0.384 e. The Morgan fingerprint density at radius 2 is 2.27 bits per heavy atom. The van der Waals surface area contributed by atoms with Crippen LogP contribution in [-0.2, 0) is 15.6 Å². The van der Waals surface area contributed by atoms with E-state index < -0.39 is 7.60 Å². The van der Waals surface area contributed by atoms with E-state index in [9.17, 15) is 9.46 Å². The third-order valence-electron chi connectivity index (χ3n) is 3.00. The van der Waals surface area contributed by atoms with E-state index in [1.807, 2.05) is 24.3 Å². The maximum Gasteiger partial charge on any atom is 0.359 e. The molecule has 0 saturated carbocycles. The van der Waals surface area contributed by atoms with Gasteiger partial charge in [0, 0.05) is 31.1 Å². The van der Waals surface area contributed by atoms with E-state index in [4.69, 9.17) is 4.52 Å². The van der Waals surface area contributed by atoms with Crippen LogP contribution in [0.5, 0.6) is 0 Å². The average Bonchev–Trinajstić information content (AvgIpc) is 2.71. The van der Waals surface area contributed by atoms with Crippen LogP contribution in [0.2, 0.25) is 0 Å². The first-order valence-electron chi connectivity index (χ1n) is 7.19. The normalized spacial score (nSPS) is 17.5. The summed E-state index contributed by atoms with van der Waals surface area (Å²) >= 11 is 0. The molecule has 0 amide bonds. The molecule has 1 heterocycles. The lowest BCUT2D eigenvalue weighted by Gasteiger charge is -2.15. The van der Waals surface area contributed by atoms with Crippen LogP contribution in [0.4, 0.5) is 0 Å². The fraction of sp³-hybridized carbons (Fsp3) is 0.312. The highest BCUT2D eigenvalue weighted by Crippen LogP contribution is 2.52. The van der Waals surface area contributed by atoms with Gasteiger partial charge in [0.15, 0.2) is 0 Å². The molecule has 1 aliphatic rings. The Hall–Kier alpha value is -1.68. The van der Waals surface area contributed by atoms with Gasteiger partial charge in [0.25, 0.3) is 0 Å². The van der Waals surface area contributed by atoms with Crippen molar-refractivity contribution < 1.29 is 14.0 Å². The third kappa shape index (κ3) is 4.95. The van der Waals surface area contributed by atoms with Crippen molar-refractivity contribution in [1.82, 2.24) is 10.3 Å². The van der Waals surface area contributed by atoms with E-state index in [1.54, 1.807) is 38.4 Å². The molecule has 0 saturated heterocycles. The van der Waals surface area contributed by atoms with Gasteiger partial charge in [0.1, 0.15) is 0 Å². The molecule has 5 nitrogen and oxygen atoms in total. The maximum absolute atomic E-state index is 12.2. The molecule has 22 heavy (non-hydrogen) atoms. The van der Waals surface area contributed by atoms with Gasteiger partial charge in [-0.15, -0.1) is 0 Å². The molecular formula is C16H21N2O3P. The zero-order valence-electron chi connectivity index (χ0n) is 12.8. The third-order valence-corrected chi connectivity index (χ3v) is 4.66. The van der Waals surface area contributed by atoms with Crippen LogP contribution in [-0.4, -0.2) is 16.0 Å². The second-order valence-corrected chi connectivity index (χ2v) is 7.05. The summed E-state index contributed by atoms with van der Waals surface area (Å²) in [6.07, 6.45) is 10.9. The molecule has 6 heteroatoms. The van der Waals surface area contributed by atoms with E-state index in [0.717, 1.165) is 11.3 Å². The first-order valence-corrected chi connectivity index (χ1v) is 8.77. The fourth-order valence-electron chi connectivity index (χ4n) is 2.00. The molecule has 1 atom stereocenters. The molecule has 1 unspecified atom stereocenters. The summed E-state index contributed by atoms with van der Waals surface area (Å²) in [5.41, 5.74) is 2.05. The Morgan fingerprint density at radius 3 is 2.95 bits per heavy atom. The standard InChI is InChI=1S/C16H21N2O3P/c1-13(2)21-22(19,20)16-7-3-6-15(8-9-16)18-12-14-5-4-10-17-11-14/h3-5,7-11,13,18H,6,12H2,1-2H3,(H,19,20). The number of nitrogens with zero attached hydrogens (tertiary/aromatic N) is 1. The van der Waals surface area contributed by atoms with Crippen molar-refractivity contribution in [3.63, 3.8) is 0 Å². The van der Waals surface area contributed by atoms with Crippen LogP contribution in [0.25, 0.3) is 0 Å². The van der Waals surface area contributed by atoms with Gasteiger partial charge in [-0.3, -0.25) is 9.55 Å². The predicted octanol–water partition coefficient (Wildman–Crippen LogP) is 3.51. The molecule has 1 aromatic heterocycles. The molecule has 0 aliphatic heterocycles. The second kappa shape index (κ2) is 7.54. The number of pyridine rings is 1. The number of hydrogen-bond acceptors (Lipinski definition) is 4. The molecule has 118 valence electrons. The molecule has 1 aromatic rings. The SMILES string of the molecule is CC(C)OP(=O)(O)C1=CC=C(NCc2cccnc2)CC=C1. The quantitative estimate of drug-likeness (QED) is 0.785. The Bertz CT molecular complexity index is 636. The topological polar surface area (TPSA) is 71.5 Å². The molecule has 0 bridgehead atoms. The zero-order valence-corrected chi connectivity index (χ0v) is 13.7. The van der Waals surface area contributed by atoms with Crippen molar-refractivity contribution in [2.75, 3.05) is 0 Å². The minimum atomic E-state index is -3.76. The first kappa shape index (κ1) is 16.7. The van der Waals surface area contributed by atoms with E-state index in [1.165, 1.54) is 0 Å². The minimum absolute atomic E-state index is 0.305. The summed E-state index contributed by atoms with van der Waals surface area (Å²) in [7, 11) is -3.76. The van der Waals surface area contributed by atoms with Gasteiger partial charge in [-0.1, -0.05) is 18.2 Å². The zero-order chi connectivity index (χ0) is 16.0. The minimum Gasteiger partial charge on any atom is -0.384 e. The first-order chi connectivity index (χ1) is 10.5. The van der Waals surface area contributed by atoms with Crippen molar-refractivity contribution in [2.45, 2.75) is 32.9 Å². The van der Waals surface area contributed by atoms with Crippen molar-refractivity contribution in [1.29, 1.82) is 0 Å². The number of rotatable bonds is 6. The summed E-state index contributed by atoms with van der Waals surface area (Å²) in [6.45, 7) is 4.14. The summed E-state index contributed by atoms with van der Waals surface area (Å²) in [6, 6.07) is 3.88. The fourth-order valence-corrected chi connectivity index (χ4v) is 3.25. The maximum atomic E-state index is 12.2. The summed E-state index contributed by atoms with van der Waals surface area (Å²) in [5.74, 6) is 0. The summed E-state index contributed by atoms with van der Waals surface area (Å²) in [5, 5.41) is 3.61. The molecule has 0 aromatic carbocycles. The Labute approximate surface area is 131 Å². The highest BCUT2D eigenvalue weighted by Gasteiger charge is 2.25. The Balaban J connectivity index is 2.04. The highest BCUT2D eigenvalue weighted by atomic mass is 31.2. The van der Waals surface area contributed by atoms with Crippen LogP contribution in [0.15, 0.2) is 59.8 Å². The van der Waals surface area contributed by atoms with E-state index in [0.29, 0.717) is 18.3 Å². The number of hydrogen-bond donors (Lipinski definition) is 2. The number of allylic oxidation sites excluding steroid dienone is 5. The van der Waals surface area contributed by atoms with Crippen LogP contribution in [0.3, 0.4) is 0 Å². The van der Waals surface area contributed by atoms with Gasteiger partial charge < -0.3 is 14.7 Å². The lowest BCUT2D eigenvalue weighted by Crippen LogP contribution is -2.12. The van der Waals surface area contributed by atoms with Gasteiger partial charge in [-0.25, -0.2) is 0 Å². The summed E-state index contributed by atoms with van der Waals surface area (Å²) < 4.78 is 17.3. The molecular weight excluding hydrogens is 299 g/mol. The lowest BCUT2D eigenvalue weighted by atomic mass is 10.2. The molecule has 0 fully saturated rings. The average molecular weight is 320 g/mol. The summed E-state index contributed by atoms with van der Waals surface area (Å²) in [4.78, 5) is 14.1. The van der Waals surface area contributed by atoms with Gasteiger partial charge >= 0.3 is 7.60 Å². The van der Waals surface area contributed by atoms with Gasteiger partial charge in [-0.2, -0.15) is 0 Å². The second-order valence-electron chi connectivity index (χ2n) is 5.28. The predicted molar refractivity (Wildman–Crippen MR) is 87.0 cm³/mol. The number of nitrogens with one attached hydrogen (secondary N) is 1. The lowest BCUT2D eigenvalue weighted by molar-refractivity contribution is 0.210. The van der Waals surface area contributed by atoms with Crippen molar-refractivity contribution in [2.24, 2.45) is 0 Å². The highest BCUT2D eigenvalue weighted by molar-refractivity contribution is 7.57. The Morgan fingerprint density at radius 1 is 1.45 bits per heavy atom. The molecule has 2 rings (SSSR count). The smallest absolute Gasteiger partial charge is 0.359 e. The van der Waals surface area contributed by atoms with Gasteiger partial charge in [-0.05, 0) is 37.6 Å². The molecule has 0 spiro atoms. The van der Waals surface area contributed by atoms with Crippen molar-refractivity contribution in [3.05, 3.63) is 65.4 Å². The molecule has 2 N–H and O–H groups in total. The van der Waals surface area contributed by atoms with Crippen LogP contribution in [0.1, 0.15) is 25.8 Å². The van der Waals surface area contributed by atoms with Crippen molar-refractivity contribution in [3.8, 4) is 0 Å². The van der Waals surface area contributed by atoms with Crippen LogP contribution >= 0.6 is 7.60 Å². The van der Waals surface area contributed by atoms with Gasteiger partial charge in [0.05, 0.1) is 11.4 Å². The van der Waals surface area contributed by atoms with E-state index in [2.05, 4.69) is 10.3 Å².